The van der Waals surface area contributed by atoms with Crippen molar-refractivity contribution < 1.29 is 14.3 Å². The van der Waals surface area contributed by atoms with Gasteiger partial charge in [-0.15, -0.1) is 0 Å². The van der Waals surface area contributed by atoms with Crippen molar-refractivity contribution in [2.75, 3.05) is 19.9 Å². The lowest BCUT2D eigenvalue weighted by Gasteiger charge is -2.42. The SMILES string of the molecule is CC1(C)CN(C(=O)c2cc(Br)c3c(c2)OCO3)CCC1N. The van der Waals surface area contributed by atoms with Gasteiger partial charge in [0.05, 0.1) is 4.47 Å². The summed E-state index contributed by atoms with van der Waals surface area (Å²) < 4.78 is 11.5. The molecule has 1 amide bonds. The van der Waals surface area contributed by atoms with Crippen molar-refractivity contribution in [1.82, 2.24) is 4.90 Å². The highest BCUT2D eigenvalue weighted by Crippen LogP contribution is 2.40. The summed E-state index contributed by atoms with van der Waals surface area (Å²) in [6.45, 7) is 5.76. The summed E-state index contributed by atoms with van der Waals surface area (Å²) in [4.78, 5) is 14.6. The van der Waals surface area contributed by atoms with E-state index in [1.54, 1.807) is 12.1 Å². The van der Waals surface area contributed by atoms with Crippen molar-refractivity contribution in [3.8, 4) is 11.5 Å². The van der Waals surface area contributed by atoms with Crippen molar-refractivity contribution in [1.29, 1.82) is 0 Å². The number of halogens is 1. The Morgan fingerprint density at radius 2 is 2.19 bits per heavy atom. The van der Waals surface area contributed by atoms with E-state index in [9.17, 15) is 4.79 Å². The number of hydrogen-bond donors (Lipinski definition) is 1. The molecule has 1 fully saturated rings. The minimum absolute atomic E-state index is 0.00831. The Kier molecular flexibility index (Phi) is 3.61. The molecule has 2 N–H and O–H groups in total. The molecule has 1 atom stereocenters. The predicted octanol–water partition coefficient (Wildman–Crippen LogP) is 2.38. The zero-order valence-corrected chi connectivity index (χ0v) is 13.8. The fourth-order valence-corrected chi connectivity index (χ4v) is 3.38. The molecular formula is C15H19BrN2O3. The first-order valence-electron chi connectivity index (χ1n) is 7.02. The number of likely N-dealkylation sites (tertiary alicyclic amines) is 1. The number of nitrogens with zero attached hydrogens (tertiary/aromatic N) is 1. The Balaban J connectivity index is 1.85. The number of rotatable bonds is 1. The van der Waals surface area contributed by atoms with Gasteiger partial charge in [0.25, 0.3) is 5.91 Å². The molecule has 0 saturated carbocycles. The number of carbonyl (C=O) groups is 1. The van der Waals surface area contributed by atoms with E-state index in [0.717, 1.165) is 10.9 Å². The van der Waals surface area contributed by atoms with Crippen molar-refractivity contribution in [2.45, 2.75) is 26.3 Å². The minimum atomic E-state index is -0.0680. The van der Waals surface area contributed by atoms with Gasteiger partial charge in [-0.25, -0.2) is 0 Å². The van der Waals surface area contributed by atoms with E-state index in [2.05, 4.69) is 29.8 Å². The number of carbonyl (C=O) groups excluding carboxylic acids is 1. The van der Waals surface area contributed by atoms with Crippen LogP contribution >= 0.6 is 15.9 Å². The van der Waals surface area contributed by atoms with Gasteiger partial charge in [-0.3, -0.25) is 4.79 Å². The van der Waals surface area contributed by atoms with Crippen LogP contribution < -0.4 is 15.2 Å². The van der Waals surface area contributed by atoms with Gasteiger partial charge < -0.3 is 20.1 Å². The van der Waals surface area contributed by atoms with E-state index in [0.29, 0.717) is 30.2 Å². The highest BCUT2D eigenvalue weighted by atomic mass is 79.9. The molecule has 1 unspecified atom stereocenters. The first-order valence-corrected chi connectivity index (χ1v) is 7.82. The maximum Gasteiger partial charge on any atom is 0.254 e. The Bertz CT molecular complexity index is 589. The topological polar surface area (TPSA) is 64.8 Å². The van der Waals surface area contributed by atoms with Crippen molar-refractivity contribution in [3.63, 3.8) is 0 Å². The summed E-state index contributed by atoms with van der Waals surface area (Å²) in [6.07, 6.45) is 0.824. The first kappa shape index (κ1) is 14.7. The number of benzene rings is 1. The molecule has 0 spiro atoms. The van der Waals surface area contributed by atoms with Crippen LogP contribution in [0.5, 0.6) is 11.5 Å². The van der Waals surface area contributed by atoms with Crippen LogP contribution in [0.25, 0.3) is 0 Å². The first-order chi connectivity index (χ1) is 9.88. The lowest BCUT2D eigenvalue weighted by molar-refractivity contribution is 0.0532. The molecule has 0 aromatic heterocycles. The zero-order chi connectivity index (χ0) is 15.2. The molecule has 0 radical (unpaired) electrons. The molecule has 2 aliphatic heterocycles. The molecule has 1 saturated heterocycles. The standard InChI is InChI=1S/C15H19BrN2O3/c1-15(2)7-18(4-3-12(15)17)14(19)9-5-10(16)13-11(6-9)20-8-21-13/h5-6,12H,3-4,7-8,17H2,1-2H3. The lowest BCUT2D eigenvalue weighted by Crippen LogP contribution is -2.54. The maximum atomic E-state index is 12.7. The van der Waals surface area contributed by atoms with E-state index in [4.69, 9.17) is 15.2 Å². The molecule has 2 aliphatic rings. The van der Waals surface area contributed by atoms with E-state index in [1.807, 2.05) is 4.90 Å². The van der Waals surface area contributed by atoms with Gasteiger partial charge in [0.2, 0.25) is 6.79 Å². The molecule has 114 valence electrons. The summed E-state index contributed by atoms with van der Waals surface area (Å²) in [5, 5.41) is 0. The highest BCUT2D eigenvalue weighted by Gasteiger charge is 2.36. The third-order valence-corrected chi connectivity index (χ3v) is 4.86. The quantitative estimate of drug-likeness (QED) is 0.840. The average molecular weight is 355 g/mol. The second kappa shape index (κ2) is 5.18. The number of hydrogen-bond acceptors (Lipinski definition) is 4. The van der Waals surface area contributed by atoms with Crippen molar-refractivity contribution >= 4 is 21.8 Å². The van der Waals surface area contributed by atoms with Crippen LogP contribution in [0.3, 0.4) is 0 Å². The average Bonchev–Trinajstić information content (AvgIpc) is 2.90. The van der Waals surface area contributed by atoms with Gasteiger partial charge in [0.1, 0.15) is 0 Å². The molecular weight excluding hydrogens is 336 g/mol. The summed E-state index contributed by atoms with van der Waals surface area (Å²) >= 11 is 3.43. The predicted molar refractivity (Wildman–Crippen MR) is 82.5 cm³/mol. The van der Waals surface area contributed by atoms with Gasteiger partial charge >= 0.3 is 0 Å². The number of fused-ring (bicyclic) bond motifs is 1. The maximum absolute atomic E-state index is 12.7. The van der Waals surface area contributed by atoms with Crippen LogP contribution in [0.1, 0.15) is 30.6 Å². The third-order valence-electron chi connectivity index (χ3n) is 4.27. The summed E-state index contributed by atoms with van der Waals surface area (Å²) in [7, 11) is 0. The molecule has 1 aromatic carbocycles. The van der Waals surface area contributed by atoms with Crippen LogP contribution in [-0.4, -0.2) is 36.7 Å². The highest BCUT2D eigenvalue weighted by molar-refractivity contribution is 9.10. The van der Waals surface area contributed by atoms with Gasteiger partial charge in [-0.2, -0.15) is 0 Å². The fourth-order valence-electron chi connectivity index (χ4n) is 2.82. The van der Waals surface area contributed by atoms with Gasteiger partial charge in [-0.05, 0) is 39.9 Å². The van der Waals surface area contributed by atoms with E-state index >= 15 is 0 Å². The minimum Gasteiger partial charge on any atom is -0.454 e. The molecule has 21 heavy (non-hydrogen) atoms. The normalized spacial score (nSPS) is 23.2. The molecule has 6 heteroatoms. The summed E-state index contributed by atoms with van der Waals surface area (Å²) in [6, 6.07) is 3.67. The van der Waals surface area contributed by atoms with Crippen molar-refractivity contribution in [2.24, 2.45) is 11.1 Å². The van der Waals surface area contributed by atoms with E-state index in [-0.39, 0.29) is 24.2 Å². The van der Waals surface area contributed by atoms with Crippen LogP contribution in [0.15, 0.2) is 16.6 Å². The van der Waals surface area contributed by atoms with Gasteiger partial charge in [-0.1, -0.05) is 13.8 Å². The van der Waals surface area contributed by atoms with E-state index in [1.165, 1.54) is 0 Å². The molecule has 0 bridgehead atoms. The Labute approximate surface area is 132 Å². The number of ether oxygens (including phenoxy) is 2. The Morgan fingerprint density at radius 3 is 2.90 bits per heavy atom. The smallest absolute Gasteiger partial charge is 0.254 e. The third kappa shape index (κ3) is 2.62. The zero-order valence-electron chi connectivity index (χ0n) is 12.2. The Morgan fingerprint density at radius 1 is 1.43 bits per heavy atom. The van der Waals surface area contributed by atoms with Crippen LogP contribution in [0.2, 0.25) is 0 Å². The summed E-state index contributed by atoms with van der Waals surface area (Å²) in [5.74, 6) is 1.28. The second-order valence-corrected chi connectivity index (χ2v) is 7.16. The lowest BCUT2D eigenvalue weighted by atomic mass is 9.79. The largest absolute Gasteiger partial charge is 0.454 e. The van der Waals surface area contributed by atoms with Crippen LogP contribution in [0.4, 0.5) is 0 Å². The monoisotopic (exact) mass is 354 g/mol. The van der Waals surface area contributed by atoms with Crippen LogP contribution in [-0.2, 0) is 0 Å². The molecule has 5 nitrogen and oxygen atoms in total. The number of piperidine rings is 1. The molecule has 2 heterocycles. The van der Waals surface area contributed by atoms with Crippen LogP contribution in [0, 0.1) is 5.41 Å². The van der Waals surface area contributed by atoms with Crippen molar-refractivity contribution in [3.05, 3.63) is 22.2 Å². The second-order valence-electron chi connectivity index (χ2n) is 6.30. The number of amides is 1. The molecule has 3 rings (SSSR count). The number of nitrogens with two attached hydrogens (primary N) is 1. The molecule has 0 aliphatic carbocycles. The molecule has 1 aromatic rings. The van der Waals surface area contributed by atoms with Gasteiger partial charge in [0.15, 0.2) is 11.5 Å². The van der Waals surface area contributed by atoms with Gasteiger partial charge in [0, 0.05) is 24.7 Å². The summed E-state index contributed by atoms with van der Waals surface area (Å²) in [5.41, 5.74) is 6.67. The fraction of sp³-hybridized carbons (Fsp3) is 0.533. The van der Waals surface area contributed by atoms with E-state index < -0.39 is 0 Å². The Hall–Kier alpha value is -1.27.